The number of urea groups is 1. The summed E-state index contributed by atoms with van der Waals surface area (Å²) in [7, 11) is 1.68. The maximum Gasteiger partial charge on any atom is 0.320 e. The van der Waals surface area contributed by atoms with E-state index < -0.39 is 5.97 Å². The van der Waals surface area contributed by atoms with Gasteiger partial charge in [0.15, 0.2) is 0 Å². The Hall–Kier alpha value is -1.30. The molecule has 6 heteroatoms. The lowest BCUT2D eigenvalue weighted by Crippen LogP contribution is -2.51. The maximum atomic E-state index is 12.4. The second-order valence-corrected chi connectivity index (χ2v) is 5.02. The van der Waals surface area contributed by atoms with Crippen molar-refractivity contribution < 1.29 is 14.7 Å². The highest BCUT2D eigenvalue weighted by atomic mass is 16.4. The van der Waals surface area contributed by atoms with Crippen LogP contribution in [-0.2, 0) is 4.79 Å². The standard InChI is InChI=1S/C13H25N3O3/c1-3-9-16(11-4-7-14-8-5-11)13(19)15(2)10-6-12(17)18/h11,14H,3-10H2,1-2H3,(H,17,18). The number of carbonyl (C=O) groups excluding carboxylic acids is 1. The lowest BCUT2D eigenvalue weighted by Gasteiger charge is -2.37. The van der Waals surface area contributed by atoms with E-state index in [1.165, 1.54) is 4.90 Å². The molecule has 0 spiro atoms. The van der Waals surface area contributed by atoms with Gasteiger partial charge in [-0.1, -0.05) is 6.92 Å². The molecule has 1 rings (SSSR count). The van der Waals surface area contributed by atoms with Crippen molar-refractivity contribution in [1.29, 1.82) is 0 Å². The smallest absolute Gasteiger partial charge is 0.320 e. The Morgan fingerprint density at radius 2 is 1.89 bits per heavy atom. The van der Waals surface area contributed by atoms with Crippen LogP contribution >= 0.6 is 0 Å². The van der Waals surface area contributed by atoms with Gasteiger partial charge in [-0.05, 0) is 32.4 Å². The highest BCUT2D eigenvalue weighted by Gasteiger charge is 2.26. The van der Waals surface area contributed by atoms with Crippen molar-refractivity contribution in [3.05, 3.63) is 0 Å². The Labute approximate surface area is 114 Å². The SMILES string of the molecule is CCCN(C(=O)N(C)CCC(=O)O)C1CCNCC1. The molecule has 0 atom stereocenters. The molecule has 0 bridgehead atoms. The molecule has 2 N–H and O–H groups in total. The monoisotopic (exact) mass is 271 g/mol. The zero-order chi connectivity index (χ0) is 14.3. The van der Waals surface area contributed by atoms with Crippen molar-refractivity contribution in [2.75, 3.05) is 33.2 Å². The van der Waals surface area contributed by atoms with Gasteiger partial charge in [0.1, 0.15) is 0 Å². The normalized spacial score (nSPS) is 16.1. The molecular formula is C13H25N3O3. The molecule has 2 amide bonds. The summed E-state index contributed by atoms with van der Waals surface area (Å²) in [4.78, 5) is 26.4. The Morgan fingerprint density at radius 1 is 1.26 bits per heavy atom. The Morgan fingerprint density at radius 3 is 2.42 bits per heavy atom. The fourth-order valence-corrected chi connectivity index (χ4v) is 2.37. The molecule has 19 heavy (non-hydrogen) atoms. The van der Waals surface area contributed by atoms with Gasteiger partial charge < -0.3 is 20.2 Å². The first-order valence-electron chi connectivity index (χ1n) is 7.00. The zero-order valence-corrected chi connectivity index (χ0v) is 11.9. The van der Waals surface area contributed by atoms with Crippen LogP contribution in [0.15, 0.2) is 0 Å². The van der Waals surface area contributed by atoms with Crippen molar-refractivity contribution >= 4 is 12.0 Å². The van der Waals surface area contributed by atoms with E-state index in [1.54, 1.807) is 7.05 Å². The van der Waals surface area contributed by atoms with E-state index >= 15 is 0 Å². The van der Waals surface area contributed by atoms with Crippen molar-refractivity contribution in [1.82, 2.24) is 15.1 Å². The van der Waals surface area contributed by atoms with E-state index in [1.807, 2.05) is 4.90 Å². The van der Waals surface area contributed by atoms with Crippen LogP contribution in [0.4, 0.5) is 4.79 Å². The van der Waals surface area contributed by atoms with Crippen LogP contribution in [0.1, 0.15) is 32.6 Å². The van der Waals surface area contributed by atoms with E-state index in [0.717, 1.165) is 38.9 Å². The second kappa shape index (κ2) is 7.99. The first-order valence-corrected chi connectivity index (χ1v) is 7.00. The van der Waals surface area contributed by atoms with Gasteiger partial charge in [-0.3, -0.25) is 4.79 Å². The van der Waals surface area contributed by atoms with Crippen molar-refractivity contribution in [2.45, 2.75) is 38.6 Å². The van der Waals surface area contributed by atoms with E-state index in [0.29, 0.717) is 0 Å². The number of hydrogen-bond acceptors (Lipinski definition) is 3. The molecule has 1 heterocycles. The number of amides is 2. The molecule has 1 aliphatic heterocycles. The molecule has 1 aliphatic rings. The fraction of sp³-hybridized carbons (Fsp3) is 0.846. The average Bonchev–Trinajstić information content (AvgIpc) is 2.42. The summed E-state index contributed by atoms with van der Waals surface area (Å²) in [6, 6.07) is 0.232. The summed E-state index contributed by atoms with van der Waals surface area (Å²) >= 11 is 0. The number of nitrogens with one attached hydrogen (secondary N) is 1. The third kappa shape index (κ3) is 5.06. The van der Waals surface area contributed by atoms with Gasteiger partial charge >= 0.3 is 12.0 Å². The van der Waals surface area contributed by atoms with Gasteiger partial charge in [0.25, 0.3) is 0 Å². The van der Waals surface area contributed by atoms with Crippen LogP contribution in [0.3, 0.4) is 0 Å². The van der Waals surface area contributed by atoms with Crippen LogP contribution in [0.2, 0.25) is 0 Å². The van der Waals surface area contributed by atoms with Gasteiger partial charge in [0, 0.05) is 26.2 Å². The largest absolute Gasteiger partial charge is 0.481 e. The summed E-state index contributed by atoms with van der Waals surface area (Å²) in [5, 5.41) is 12.0. The van der Waals surface area contributed by atoms with Crippen molar-refractivity contribution in [3.63, 3.8) is 0 Å². The van der Waals surface area contributed by atoms with E-state index in [4.69, 9.17) is 5.11 Å². The van der Waals surface area contributed by atoms with Gasteiger partial charge in [0.05, 0.1) is 6.42 Å². The molecule has 0 saturated carbocycles. The number of rotatable bonds is 6. The van der Waals surface area contributed by atoms with Crippen LogP contribution in [-0.4, -0.2) is 66.2 Å². The highest BCUT2D eigenvalue weighted by molar-refractivity contribution is 5.75. The molecule has 0 aromatic carbocycles. The minimum Gasteiger partial charge on any atom is -0.481 e. The molecule has 0 aromatic heterocycles. The highest BCUT2D eigenvalue weighted by Crippen LogP contribution is 2.14. The predicted octanol–water partition coefficient (Wildman–Crippen LogP) is 0.977. The van der Waals surface area contributed by atoms with Gasteiger partial charge in [-0.2, -0.15) is 0 Å². The molecular weight excluding hydrogens is 246 g/mol. The number of nitrogens with zero attached hydrogens (tertiary/aromatic N) is 2. The van der Waals surface area contributed by atoms with Crippen molar-refractivity contribution in [2.24, 2.45) is 0 Å². The molecule has 0 radical (unpaired) electrons. The fourth-order valence-electron chi connectivity index (χ4n) is 2.37. The quantitative estimate of drug-likeness (QED) is 0.755. The number of aliphatic carboxylic acids is 1. The topological polar surface area (TPSA) is 72.9 Å². The summed E-state index contributed by atoms with van der Waals surface area (Å²) in [5.41, 5.74) is 0. The predicted molar refractivity (Wildman–Crippen MR) is 73.2 cm³/mol. The molecule has 1 saturated heterocycles. The number of piperidine rings is 1. The van der Waals surface area contributed by atoms with E-state index in [2.05, 4.69) is 12.2 Å². The third-order valence-corrected chi connectivity index (χ3v) is 3.45. The lowest BCUT2D eigenvalue weighted by molar-refractivity contribution is -0.137. The van der Waals surface area contributed by atoms with Gasteiger partial charge in [-0.15, -0.1) is 0 Å². The Balaban J connectivity index is 2.57. The van der Waals surface area contributed by atoms with E-state index in [-0.39, 0.29) is 25.0 Å². The van der Waals surface area contributed by atoms with Gasteiger partial charge in [-0.25, -0.2) is 4.79 Å². The number of carbonyl (C=O) groups is 2. The minimum atomic E-state index is -0.872. The minimum absolute atomic E-state index is 0.00553. The van der Waals surface area contributed by atoms with Gasteiger partial charge in [0.2, 0.25) is 0 Å². The number of hydrogen-bond donors (Lipinski definition) is 2. The zero-order valence-electron chi connectivity index (χ0n) is 11.9. The molecule has 0 aliphatic carbocycles. The van der Waals surface area contributed by atoms with Crippen LogP contribution in [0.5, 0.6) is 0 Å². The number of carboxylic acid groups (broad SMARTS) is 1. The molecule has 0 aromatic rings. The van der Waals surface area contributed by atoms with Crippen LogP contribution in [0.25, 0.3) is 0 Å². The summed E-state index contributed by atoms with van der Waals surface area (Å²) in [6.07, 6.45) is 2.86. The van der Waals surface area contributed by atoms with Crippen LogP contribution in [0, 0.1) is 0 Å². The lowest BCUT2D eigenvalue weighted by atomic mass is 10.0. The summed E-state index contributed by atoms with van der Waals surface area (Å²) in [5.74, 6) is -0.872. The molecule has 1 fully saturated rings. The van der Waals surface area contributed by atoms with Crippen molar-refractivity contribution in [3.8, 4) is 0 Å². The first kappa shape index (κ1) is 15.8. The average molecular weight is 271 g/mol. The molecule has 0 unspecified atom stereocenters. The summed E-state index contributed by atoms with van der Waals surface area (Å²) in [6.45, 7) is 4.94. The van der Waals surface area contributed by atoms with Crippen LogP contribution < -0.4 is 5.32 Å². The van der Waals surface area contributed by atoms with E-state index in [9.17, 15) is 9.59 Å². The number of carboxylic acids is 1. The Kier molecular flexibility index (Phi) is 6.62. The Bertz CT molecular complexity index is 304. The molecule has 110 valence electrons. The summed E-state index contributed by atoms with van der Waals surface area (Å²) < 4.78 is 0. The first-order chi connectivity index (χ1) is 9.06. The third-order valence-electron chi connectivity index (χ3n) is 3.45. The second-order valence-electron chi connectivity index (χ2n) is 5.02. The molecule has 6 nitrogen and oxygen atoms in total. The maximum absolute atomic E-state index is 12.4.